The SMILES string of the molecule is CCCC(C)NC(=O)[C@@H]1[C@H]2OC(C)(C)O[C@H]2CN1C(=O)c1ccccc1. The molecule has 1 aromatic carbocycles. The molecule has 6 heteroatoms. The van der Waals surface area contributed by atoms with Crippen LogP contribution in [0.15, 0.2) is 30.3 Å². The Balaban J connectivity index is 1.84. The molecule has 4 atom stereocenters. The third-order valence-corrected chi connectivity index (χ3v) is 4.91. The normalized spacial score (nSPS) is 27.8. The highest BCUT2D eigenvalue weighted by atomic mass is 16.8. The van der Waals surface area contributed by atoms with Crippen LogP contribution in [0.5, 0.6) is 0 Å². The van der Waals surface area contributed by atoms with E-state index in [0.29, 0.717) is 12.1 Å². The minimum atomic E-state index is -0.745. The van der Waals surface area contributed by atoms with Crippen molar-refractivity contribution in [3.8, 4) is 0 Å². The molecule has 1 unspecified atom stereocenters. The number of likely N-dealkylation sites (tertiary alicyclic amines) is 1. The molecule has 2 heterocycles. The predicted molar refractivity (Wildman–Crippen MR) is 97.6 cm³/mol. The van der Waals surface area contributed by atoms with Crippen molar-refractivity contribution in [2.24, 2.45) is 0 Å². The van der Waals surface area contributed by atoms with Crippen molar-refractivity contribution in [1.82, 2.24) is 10.2 Å². The molecule has 0 aliphatic carbocycles. The van der Waals surface area contributed by atoms with Crippen molar-refractivity contribution in [2.45, 2.75) is 70.6 Å². The molecule has 0 aromatic heterocycles. The minimum absolute atomic E-state index is 0.0514. The smallest absolute Gasteiger partial charge is 0.254 e. The topological polar surface area (TPSA) is 67.9 Å². The number of hydrogen-bond acceptors (Lipinski definition) is 4. The van der Waals surface area contributed by atoms with Crippen molar-refractivity contribution in [3.63, 3.8) is 0 Å². The quantitative estimate of drug-likeness (QED) is 0.875. The lowest BCUT2D eigenvalue weighted by atomic mass is 10.1. The van der Waals surface area contributed by atoms with Gasteiger partial charge in [-0.2, -0.15) is 0 Å². The number of benzene rings is 1. The number of nitrogens with zero attached hydrogens (tertiary/aromatic N) is 1. The fourth-order valence-corrected chi connectivity index (χ4v) is 3.84. The van der Waals surface area contributed by atoms with E-state index in [-0.39, 0.29) is 24.0 Å². The van der Waals surface area contributed by atoms with Gasteiger partial charge < -0.3 is 19.7 Å². The zero-order valence-electron chi connectivity index (χ0n) is 15.9. The van der Waals surface area contributed by atoms with E-state index in [1.165, 1.54) is 0 Å². The number of amides is 2. The average molecular weight is 360 g/mol. The van der Waals surface area contributed by atoms with Gasteiger partial charge in [0, 0.05) is 11.6 Å². The van der Waals surface area contributed by atoms with Crippen LogP contribution in [0.3, 0.4) is 0 Å². The van der Waals surface area contributed by atoms with Gasteiger partial charge >= 0.3 is 0 Å². The number of nitrogens with one attached hydrogen (secondary N) is 1. The lowest BCUT2D eigenvalue weighted by Gasteiger charge is -2.30. The first kappa shape index (κ1) is 18.9. The lowest BCUT2D eigenvalue weighted by Crippen LogP contribution is -2.53. The molecule has 6 nitrogen and oxygen atoms in total. The Morgan fingerprint density at radius 3 is 2.62 bits per heavy atom. The van der Waals surface area contributed by atoms with Gasteiger partial charge in [-0.25, -0.2) is 0 Å². The number of hydrogen-bond donors (Lipinski definition) is 1. The van der Waals surface area contributed by atoms with Crippen LogP contribution in [0.1, 0.15) is 50.9 Å². The maximum absolute atomic E-state index is 13.0. The Hall–Kier alpha value is -1.92. The predicted octanol–water partition coefficient (Wildman–Crippen LogP) is 2.34. The monoisotopic (exact) mass is 360 g/mol. The molecule has 26 heavy (non-hydrogen) atoms. The fraction of sp³-hybridized carbons (Fsp3) is 0.600. The molecule has 0 spiro atoms. The third kappa shape index (κ3) is 3.76. The molecule has 2 saturated heterocycles. The summed E-state index contributed by atoms with van der Waals surface area (Å²) in [4.78, 5) is 27.6. The highest BCUT2D eigenvalue weighted by molar-refractivity contribution is 5.98. The molecule has 3 rings (SSSR count). The van der Waals surface area contributed by atoms with E-state index in [1.807, 2.05) is 39.0 Å². The van der Waals surface area contributed by atoms with Crippen LogP contribution < -0.4 is 5.32 Å². The maximum atomic E-state index is 13.0. The van der Waals surface area contributed by atoms with Crippen LogP contribution >= 0.6 is 0 Å². The Morgan fingerprint density at radius 1 is 1.27 bits per heavy atom. The van der Waals surface area contributed by atoms with E-state index in [0.717, 1.165) is 12.8 Å². The van der Waals surface area contributed by atoms with Crippen LogP contribution in [0.4, 0.5) is 0 Å². The first-order valence-corrected chi connectivity index (χ1v) is 9.34. The second-order valence-corrected chi connectivity index (χ2v) is 7.61. The van der Waals surface area contributed by atoms with Crippen LogP contribution in [0.2, 0.25) is 0 Å². The molecule has 1 N–H and O–H groups in total. The van der Waals surface area contributed by atoms with Crippen LogP contribution in [0, 0.1) is 0 Å². The fourth-order valence-electron chi connectivity index (χ4n) is 3.84. The molecule has 0 radical (unpaired) electrons. The average Bonchev–Trinajstić information content (AvgIpc) is 3.06. The Morgan fingerprint density at radius 2 is 1.96 bits per heavy atom. The molecule has 2 aliphatic rings. The summed E-state index contributed by atoms with van der Waals surface area (Å²) in [7, 11) is 0. The standard InChI is InChI=1S/C20H28N2O4/c1-5-9-13(2)21-18(23)16-17-15(25-20(3,4)26-17)12-22(16)19(24)14-10-7-6-8-11-14/h6-8,10-11,13,15-17H,5,9,12H2,1-4H3,(H,21,23)/t13?,15-,16-,17-/m0/s1. The van der Waals surface area contributed by atoms with E-state index >= 15 is 0 Å². The van der Waals surface area contributed by atoms with E-state index < -0.39 is 17.9 Å². The lowest BCUT2D eigenvalue weighted by molar-refractivity contribution is -0.162. The second-order valence-electron chi connectivity index (χ2n) is 7.61. The summed E-state index contributed by atoms with van der Waals surface area (Å²) in [5.74, 6) is -1.09. The van der Waals surface area contributed by atoms with Gasteiger partial charge in [0.1, 0.15) is 18.2 Å². The Bertz CT molecular complexity index is 661. The highest BCUT2D eigenvalue weighted by Gasteiger charge is 2.56. The largest absolute Gasteiger partial charge is 0.352 e. The van der Waals surface area contributed by atoms with Gasteiger partial charge in [-0.1, -0.05) is 31.5 Å². The number of carbonyl (C=O) groups is 2. The Labute approximate surface area is 154 Å². The highest BCUT2D eigenvalue weighted by Crippen LogP contribution is 2.37. The van der Waals surface area contributed by atoms with Gasteiger partial charge in [0.15, 0.2) is 5.79 Å². The van der Waals surface area contributed by atoms with Crippen LogP contribution in [0.25, 0.3) is 0 Å². The molecule has 0 saturated carbocycles. The van der Waals surface area contributed by atoms with Crippen molar-refractivity contribution in [3.05, 3.63) is 35.9 Å². The van der Waals surface area contributed by atoms with E-state index in [9.17, 15) is 9.59 Å². The molecule has 2 amide bonds. The first-order chi connectivity index (χ1) is 12.3. The minimum Gasteiger partial charge on any atom is -0.352 e. The summed E-state index contributed by atoms with van der Waals surface area (Å²) in [6.07, 6.45) is 1.13. The van der Waals surface area contributed by atoms with Gasteiger partial charge in [0.2, 0.25) is 5.91 Å². The number of ether oxygens (including phenoxy) is 2. The molecule has 1 aromatic rings. The van der Waals surface area contributed by atoms with Crippen molar-refractivity contribution >= 4 is 11.8 Å². The summed E-state index contributed by atoms with van der Waals surface area (Å²) in [5, 5.41) is 3.03. The van der Waals surface area contributed by atoms with Crippen LogP contribution in [-0.4, -0.2) is 53.3 Å². The summed E-state index contributed by atoms with van der Waals surface area (Å²) >= 11 is 0. The van der Waals surface area contributed by atoms with Gasteiger partial charge in [0.25, 0.3) is 5.91 Å². The van der Waals surface area contributed by atoms with Gasteiger partial charge in [0.05, 0.1) is 6.54 Å². The molecular weight excluding hydrogens is 332 g/mol. The van der Waals surface area contributed by atoms with Crippen molar-refractivity contribution < 1.29 is 19.1 Å². The summed E-state index contributed by atoms with van der Waals surface area (Å²) in [6.45, 7) is 8.08. The molecule has 0 bridgehead atoms. The summed E-state index contributed by atoms with van der Waals surface area (Å²) in [6, 6.07) is 8.38. The molecule has 2 fully saturated rings. The first-order valence-electron chi connectivity index (χ1n) is 9.34. The Kier molecular flexibility index (Phi) is 5.34. The van der Waals surface area contributed by atoms with Crippen molar-refractivity contribution in [2.75, 3.05) is 6.54 Å². The molecular formula is C20H28N2O4. The van der Waals surface area contributed by atoms with E-state index in [2.05, 4.69) is 12.2 Å². The number of carbonyl (C=O) groups excluding carboxylic acids is 2. The molecule has 142 valence electrons. The zero-order valence-corrected chi connectivity index (χ0v) is 15.9. The summed E-state index contributed by atoms with van der Waals surface area (Å²) < 4.78 is 11.9. The van der Waals surface area contributed by atoms with Gasteiger partial charge in [-0.05, 0) is 39.3 Å². The number of fused-ring (bicyclic) bond motifs is 1. The van der Waals surface area contributed by atoms with E-state index in [1.54, 1.807) is 17.0 Å². The van der Waals surface area contributed by atoms with Crippen LogP contribution in [-0.2, 0) is 14.3 Å². The van der Waals surface area contributed by atoms with E-state index in [4.69, 9.17) is 9.47 Å². The van der Waals surface area contributed by atoms with Gasteiger partial charge in [-0.3, -0.25) is 9.59 Å². The van der Waals surface area contributed by atoms with Gasteiger partial charge in [-0.15, -0.1) is 0 Å². The van der Waals surface area contributed by atoms with Crippen molar-refractivity contribution in [1.29, 1.82) is 0 Å². The molecule has 2 aliphatic heterocycles. The second kappa shape index (κ2) is 7.37. The zero-order chi connectivity index (χ0) is 18.9. The number of rotatable bonds is 5. The third-order valence-electron chi connectivity index (χ3n) is 4.91. The maximum Gasteiger partial charge on any atom is 0.254 e. The summed E-state index contributed by atoms with van der Waals surface area (Å²) in [5.41, 5.74) is 0.561.